The summed E-state index contributed by atoms with van der Waals surface area (Å²) in [5.41, 5.74) is 0.814. The average molecular weight is 194 g/mol. The average Bonchev–Trinajstić information content (AvgIpc) is 2.53. The molecule has 0 radical (unpaired) electrons. The van der Waals surface area contributed by atoms with Gasteiger partial charge in [0.2, 0.25) is 0 Å². The molecule has 0 amide bonds. The highest BCUT2D eigenvalue weighted by molar-refractivity contribution is 7.81. The Labute approximate surface area is 84.3 Å². The minimum absolute atomic E-state index is 0.347. The zero-order valence-corrected chi connectivity index (χ0v) is 8.77. The van der Waals surface area contributed by atoms with Crippen molar-refractivity contribution in [1.29, 1.82) is 0 Å². The van der Waals surface area contributed by atoms with Crippen LogP contribution in [0.15, 0.2) is 31.1 Å². The molecule has 0 bridgehead atoms. The summed E-state index contributed by atoms with van der Waals surface area (Å²) in [5.74, 6) is 0. The molecule has 1 aromatic rings. The normalized spacial score (nSPS) is 10.1. The van der Waals surface area contributed by atoms with Crippen LogP contribution in [0.4, 0.5) is 0 Å². The summed E-state index contributed by atoms with van der Waals surface area (Å²) < 4.78 is 1.90. The highest BCUT2D eigenvalue weighted by Gasteiger charge is 2.04. The minimum Gasteiger partial charge on any atom is -0.372 e. The molecule has 0 saturated heterocycles. The lowest BCUT2D eigenvalue weighted by molar-refractivity contribution is 0.741. The fourth-order valence-electron chi connectivity index (χ4n) is 0.977. The van der Waals surface area contributed by atoms with E-state index in [1.165, 1.54) is 0 Å². The molecule has 1 aromatic heterocycles. The van der Waals surface area contributed by atoms with E-state index in [0.717, 1.165) is 5.70 Å². The van der Waals surface area contributed by atoms with Crippen LogP contribution in [-0.4, -0.2) is 15.6 Å². The summed E-state index contributed by atoms with van der Waals surface area (Å²) in [4.78, 5) is 0.700. The van der Waals surface area contributed by atoms with E-state index < -0.39 is 0 Å². The minimum atomic E-state index is 0.347. The maximum atomic E-state index is 5.17. The Morgan fingerprint density at radius 1 is 1.38 bits per heavy atom. The lowest BCUT2D eigenvalue weighted by Gasteiger charge is -2.13. The maximum absolute atomic E-state index is 5.17. The molecule has 1 rings (SSSR count). The molecule has 0 aromatic carbocycles. The van der Waals surface area contributed by atoms with Crippen LogP contribution in [0.3, 0.4) is 0 Å². The third kappa shape index (κ3) is 2.70. The summed E-state index contributed by atoms with van der Waals surface area (Å²) in [6.45, 7) is 8.01. The highest BCUT2D eigenvalue weighted by Crippen LogP contribution is 2.03. The largest absolute Gasteiger partial charge is 0.372 e. The first kappa shape index (κ1) is 9.99. The van der Waals surface area contributed by atoms with Crippen molar-refractivity contribution in [2.75, 3.05) is 0 Å². The zero-order chi connectivity index (χ0) is 9.84. The van der Waals surface area contributed by atoms with Crippen LogP contribution < -0.4 is 5.32 Å². The molecule has 0 saturated carbocycles. The quantitative estimate of drug-likeness (QED) is 0.587. The second-order valence-electron chi connectivity index (χ2n) is 3.17. The van der Waals surface area contributed by atoms with Crippen molar-refractivity contribution in [3.8, 4) is 0 Å². The highest BCUT2D eigenvalue weighted by atomic mass is 32.1. The van der Waals surface area contributed by atoms with Crippen molar-refractivity contribution < 1.29 is 0 Å². The van der Waals surface area contributed by atoms with Gasteiger partial charge in [0.05, 0.1) is 5.70 Å². The van der Waals surface area contributed by atoms with Gasteiger partial charge in [-0.2, -0.15) is 0 Å². The third-order valence-corrected chi connectivity index (χ3v) is 1.95. The second kappa shape index (κ2) is 4.23. The van der Waals surface area contributed by atoms with Gasteiger partial charge in [-0.25, -0.2) is 0 Å². The number of aromatic nitrogens is 1. The van der Waals surface area contributed by atoms with E-state index in [9.17, 15) is 0 Å². The molecule has 70 valence electrons. The van der Waals surface area contributed by atoms with Crippen molar-refractivity contribution in [2.45, 2.75) is 19.9 Å². The Morgan fingerprint density at radius 2 is 1.92 bits per heavy atom. The van der Waals surface area contributed by atoms with Crippen molar-refractivity contribution in [2.24, 2.45) is 0 Å². The third-order valence-electron chi connectivity index (χ3n) is 1.60. The first-order valence-electron chi connectivity index (χ1n) is 4.24. The molecular weight excluding hydrogens is 180 g/mol. The van der Waals surface area contributed by atoms with Crippen molar-refractivity contribution in [3.05, 3.63) is 31.1 Å². The van der Waals surface area contributed by atoms with E-state index in [0.29, 0.717) is 11.0 Å². The van der Waals surface area contributed by atoms with Crippen LogP contribution >= 0.6 is 12.2 Å². The van der Waals surface area contributed by atoms with Crippen molar-refractivity contribution in [1.82, 2.24) is 9.88 Å². The van der Waals surface area contributed by atoms with Gasteiger partial charge >= 0.3 is 0 Å². The summed E-state index contributed by atoms with van der Waals surface area (Å²) in [6, 6.07) is 4.24. The number of thiocarbonyl (C=S) groups is 1. The van der Waals surface area contributed by atoms with Crippen LogP contribution in [0, 0.1) is 0 Å². The van der Waals surface area contributed by atoms with E-state index in [-0.39, 0.29) is 0 Å². The van der Waals surface area contributed by atoms with Crippen LogP contribution in [0.5, 0.6) is 0 Å². The van der Waals surface area contributed by atoms with Gasteiger partial charge in [0.15, 0.2) is 0 Å². The molecule has 0 aliphatic rings. The van der Waals surface area contributed by atoms with Gasteiger partial charge in [0.1, 0.15) is 4.99 Å². The van der Waals surface area contributed by atoms with Gasteiger partial charge in [0.25, 0.3) is 0 Å². The van der Waals surface area contributed by atoms with Gasteiger partial charge in [0, 0.05) is 18.4 Å². The number of nitrogens with one attached hydrogen (secondary N) is 1. The first-order chi connectivity index (χ1) is 6.11. The Morgan fingerprint density at radius 3 is 2.38 bits per heavy atom. The topological polar surface area (TPSA) is 17.0 Å². The number of hydrogen-bond acceptors (Lipinski definition) is 1. The van der Waals surface area contributed by atoms with E-state index >= 15 is 0 Å². The monoisotopic (exact) mass is 194 g/mol. The van der Waals surface area contributed by atoms with E-state index in [1.807, 2.05) is 29.1 Å². The van der Waals surface area contributed by atoms with Gasteiger partial charge in [-0.3, -0.25) is 0 Å². The lowest BCUT2D eigenvalue weighted by Crippen LogP contribution is -2.30. The van der Waals surface area contributed by atoms with E-state index in [4.69, 9.17) is 12.2 Å². The van der Waals surface area contributed by atoms with Crippen molar-refractivity contribution in [3.63, 3.8) is 0 Å². The van der Waals surface area contributed by atoms with E-state index in [1.54, 1.807) is 0 Å². The van der Waals surface area contributed by atoms with Crippen LogP contribution in [0.25, 0.3) is 5.70 Å². The predicted octanol–water partition coefficient (Wildman–Crippen LogP) is 2.28. The fourth-order valence-corrected chi connectivity index (χ4v) is 1.32. The summed E-state index contributed by atoms with van der Waals surface area (Å²) in [7, 11) is 0. The molecule has 0 fully saturated rings. The smallest absolute Gasteiger partial charge is 0.123 e. The summed E-state index contributed by atoms with van der Waals surface area (Å²) >= 11 is 5.17. The molecule has 0 aliphatic heterocycles. The maximum Gasteiger partial charge on any atom is 0.123 e. The van der Waals surface area contributed by atoms with Crippen LogP contribution in [0.2, 0.25) is 0 Å². The van der Waals surface area contributed by atoms with Gasteiger partial charge in [-0.1, -0.05) is 18.8 Å². The number of rotatable bonds is 3. The molecule has 0 unspecified atom stereocenters. The molecule has 0 spiro atoms. The molecule has 1 N–H and O–H groups in total. The molecule has 2 nitrogen and oxygen atoms in total. The summed E-state index contributed by atoms with van der Waals surface area (Å²) in [6.07, 6.45) is 3.85. The van der Waals surface area contributed by atoms with Crippen LogP contribution in [-0.2, 0) is 0 Å². The predicted molar refractivity (Wildman–Crippen MR) is 60.6 cm³/mol. The number of hydrogen-bond donors (Lipinski definition) is 1. The first-order valence-corrected chi connectivity index (χ1v) is 4.65. The zero-order valence-electron chi connectivity index (χ0n) is 7.95. The van der Waals surface area contributed by atoms with Crippen molar-refractivity contribution >= 4 is 22.9 Å². The van der Waals surface area contributed by atoms with Gasteiger partial charge in [-0.05, 0) is 26.0 Å². The Kier molecular flexibility index (Phi) is 3.25. The lowest BCUT2D eigenvalue weighted by atomic mass is 10.3. The molecule has 13 heavy (non-hydrogen) atoms. The Hall–Kier alpha value is -1.09. The van der Waals surface area contributed by atoms with Crippen LogP contribution in [0.1, 0.15) is 13.8 Å². The molecule has 3 heteroatoms. The number of nitrogens with zero attached hydrogens (tertiary/aromatic N) is 1. The fraction of sp³-hybridized carbons (Fsp3) is 0.300. The Bertz CT molecular complexity index is 299. The second-order valence-corrected chi connectivity index (χ2v) is 3.57. The van der Waals surface area contributed by atoms with Gasteiger partial charge < -0.3 is 9.88 Å². The molecule has 0 atom stereocenters. The van der Waals surface area contributed by atoms with E-state index in [2.05, 4.69) is 25.7 Å². The SMILES string of the molecule is C=C(C(=S)NC(C)C)n1cccc1. The van der Waals surface area contributed by atoms with Gasteiger partial charge in [-0.15, -0.1) is 0 Å². The molecular formula is C10H14N2S. The molecule has 0 aliphatic carbocycles. The Balaban J connectivity index is 2.64. The standard InChI is InChI=1S/C10H14N2S/c1-8(2)11-10(13)9(3)12-6-4-5-7-12/h4-8H,3H2,1-2H3,(H,11,13). The summed E-state index contributed by atoms with van der Waals surface area (Å²) in [5, 5.41) is 3.14. The molecule has 1 heterocycles.